The summed E-state index contributed by atoms with van der Waals surface area (Å²) in [6.07, 6.45) is 0.845. The molecule has 0 aliphatic heterocycles. The summed E-state index contributed by atoms with van der Waals surface area (Å²) in [6.45, 7) is 8.44. The SMILES string of the molecule is Cc1ccc(Cn2nc(C)c(CCC(=O)NC(C)CC(=O)O)c2C)cc1. The number of carboxylic acids is 1. The molecule has 1 unspecified atom stereocenters. The normalized spacial score (nSPS) is 12.0. The van der Waals surface area contributed by atoms with E-state index in [4.69, 9.17) is 5.11 Å². The van der Waals surface area contributed by atoms with Crippen LogP contribution < -0.4 is 5.32 Å². The highest BCUT2D eigenvalue weighted by Gasteiger charge is 2.15. The summed E-state index contributed by atoms with van der Waals surface area (Å²) < 4.78 is 1.97. The first-order valence-electron chi connectivity index (χ1n) is 8.86. The predicted octanol–water partition coefficient (Wildman–Crippen LogP) is 2.77. The minimum atomic E-state index is -0.915. The molecule has 0 radical (unpaired) electrons. The van der Waals surface area contributed by atoms with Crippen LogP contribution in [0.4, 0.5) is 0 Å². The second-order valence-corrected chi connectivity index (χ2v) is 6.86. The van der Waals surface area contributed by atoms with Gasteiger partial charge in [-0.05, 0) is 45.2 Å². The maximum absolute atomic E-state index is 12.0. The smallest absolute Gasteiger partial charge is 0.305 e. The van der Waals surface area contributed by atoms with Crippen molar-refractivity contribution in [2.24, 2.45) is 0 Å². The Morgan fingerprint density at radius 2 is 1.85 bits per heavy atom. The van der Waals surface area contributed by atoms with Crippen molar-refractivity contribution in [3.8, 4) is 0 Å². The summed E-state index contributed by atoms with van der Waals surface area (Å²) in [5, 5.41) is 16.1. The van der Waals surface area contributed by atoms with Crippen LogP contribution in [0.5, 0.6) is 0 Å². The molecule has 0 aliphatic rings. The Kier molecular flexibility index (Phi) is 6.55. The molecule has 1 heterocycles. The first kappa shape index (κ1) is 19.7. The molecule has 1 atom stereocenters. The number of aryl methyl sites for hydroxylation is 2. The number of amides is 1. The van der Waals surface area contributed by atoms with Crippen molar-refractivity contribution in [1.29, 1.82) is 0 Å². The van der Waals surface area contributed by atoms with Crippen molar-refractivity contribution in [2.45, 2.75) is 59.5 Å². The van der Waals surface area contributed by atoms with Gasteiger partial charge >= 0.3 is 5.97 Å². The summed E-state index contributed by atoms with van der Waals surface area (Å²) in [5.41, 5.74) is 5.49. The minimum absolute atomic E-state index is 0.0712. The molecule has 2 rings (SSSR count). The van der Waals surface area contributed by atoms with Crippen LogP contribution in [-0.2, 0) is 22.6 Å². The molecule has 140 valence electrons. The van der Waals surface area contributed by atoms with E-state index < -0.39 is 5.97 Å². The van der Waals surface area contributed by atoms with Gasteiger partial charge in [-0.25, -0.2) is 0 Å². The number of aromatic nitrogens is 2. The Hall–Kier alpha value is -2.63. The third kappa shape index (κ3) is 5.44. The fourth-order valence-corrected chi connectivity index (χ4v) is 3.01. The van der Waals surface area contributed by atoms with Crippen LogP contribution in [0, 0.1) is 20.8 Å². The number of carbonyl (C=O) groups is 2. The van der Waals surface area contributed by atoms with Crippen molar-refractivity contribution < 1.29 is 14.7 Å². The zero-order valence-electron chi connectivity index (χ0n) is 15.9. The van der Waals surface area contributed by atoms with Crippen LogP contribution in [0.25, 0.3) is 0 Å². The number of carboxylic acid groups (broad SMARTS) is 1. The lowest BCUT2D eigenvalue weighted by Gasteiger charge is -2.11. The summed E-state index contributed by atoms with van der Waals surface area (Å²) in [7, 11) is 0. The molecule has 2 aromatic rings. The van der Waals surface area contributed by atoms with Crippen LogP contribution in [0.3, 0.4) is 0 Å². The van der Waals surface area contributed by atoms with Gasteiger partial charge in [0.2, 0.25) is 5.91 Å². The third-order valence-corrected chi connectivity index (χ3v) is 4.47. The van der Waals surface area contributed by atoms with Gasteiger partial charge in [0.25, 0.3) is 0 Å². The summed E-state index contributed by atoms with van der Waals surface area (Å²) in [5.74, 6) is -1.05. The molecule has 1 aromatic carbocycles. The van der Waals surface area contributed by atoms with E-state index in [-0.39, 0.29) is 18.4 Å². The highest BCUT2D eigenvalue weighted by atomic mass is 16.4. The molecule has 1 amide bonds. The van der Waals surface area contributed by atoms with Crippen LogP contribution >= 0.6 is 0 Å². The molecule has 0 bridgehead atoms. The number of benzene rings is 1. The van der Waals surface area contributed by atoms with Gasteiger partial charge in [0, 0.05) is 18.2 Å². The van der Waals surface area contributed by atoms with Crippen LogP contribution in [0.2, 0.25) is 0 Å². The number of hydrogen-bond donors (Lipinski definition) is 2. The highest BCUT2D eigenvalue weighted by Crippen LogP contribution is 2.17. The average molecular weight is 357 g/mol. The number of carbonyl (C=O) groups excluding carboxylic acids is 1. The van der Waals surface area contributed by atoms with Gasteiger partial charge in [-0.15, -0.1) is 0 Å². The molecule has 0 saturated heterocycles. The van der Waals surface area contributed by atoms with Gasteiger partial charge in [0.1, 0.15) is 0 Å². The molecule has 0 fully saturated rings. The van der Waals surface area contributed by atoms with Gasteiger partial charge in [0.05, 0.1) is 18.7 Å². The Morgan fingerprint density at radius 1 is 1.19 bits per heavy atom. The number of aliphatic carboxylic acids is 1. The molecule has 2 N–H and O–H groups in total. The molecule has 0 aliphatic carbocycles. The molecule has 1 aromatic heterocycles. The Morgan fingerprint density at radius 3 is 2.46 bits per heavy atom. The molecular formula is C20H27N3O3. The lowest BCUT2D eigenvalue weighted by Crippen LogP contribution is -2.34. The average Bonchev–Trinajstić information content (AvgIpc) is 2.80. The Labute approximate surface area is 154 Å². The van der Waals surface area contributed by atoms with E-state index in [0.717, 1.165) is 17.0 Å². The second-order valence-electron chi connectivity index (χ2n) is 6.86. The monoisotopic (exact) mass is 357 g/mol. The molecule has 6 heteroatoms. The van der Waals surface area contributed by atoms with E-state index in [0.29, 0.717) is 19.4 Å². The number of rotatable bonds is 8. The fourth-order valence-electron chi connectivity index (χ4n) is 3.01. The third-order valence-electron chi connectivity index (χ3n) is 4.47. The zero-order chi connectivity index (χ0) is 19.3. The largest absolute Gasteiger partial charge is 0.481 e. The molecule has 26 heavy (non-hydrogen) atoms. The topological polar surface area (TPSA) is 84.2 Å². The van der Waals surface area contributed by atoms with Gasteiger partial charge in [-0.3, -0.25) is 14.3 Å². The maximum atomic E-state index is 12.0. The first-order chi connectivity index (χ1) is 12.3. The summed E-state index contributed by atoms with van der Waals surface area (Å²) >= 11 is 0. The van der Waals surface area contributed by atoms with E-state index >= 15 is 0 Å². The van der Waals surface area contributed by atoms with Crippen LogP contribution in [-0.4, -0.2) is 32.8 Å². The van der Waals surface area contributed by atoms with Crippen molar-refractivity contribution in [3.05, 3.63) is 52.3 Å². The van der Waals surface area contributed by atoms with Crippen LogP contribution in [0.15, 0.2) is 24.3 Å². The van der Waals surface area contributed by atoms with Crippen molar-refractivity contribution in [2.75, 3.05) is 0 Å². The van der Waals surface area contributed by atoms with Crippen molar-refractivity contribution in [3.63, 3.8) is 0 Å². The fraction of sp³-hybridized carbons (Fsp3) is 0.450. The van der Waals surface area contributed by atoms with E-state index in [1.54, 1.807) is 6.92 Å². The van der Waals surface area contributed by atoms with Crippen molar-refractivity contribution >= 4 is 11.9 Å². The number of nitrogens with zero attached hydrogens (tertiary/aromatic N) is 2. The van der Waals surface area contributed by atoms with Gasteiger partial charge in [0.15, 0.2) is 0 Å². The molecule has 0 spiro atoms. The Balaban J connectivity index is 1.97. The van der Waals surface area contributed by atoms with Gasteiger partial charge in [-0.1, -0.05) is 29.8 Å². The maximum Gasteiger partial charge on any atom is 0.305 e. The van der Waals surface area contributed by atoms with E-state index in [1.807, 2.05) is 18.5 Å². The summed E-state index contributed by atoms with van der Waals surface area (Å²) in [6, 6.07) is 8.01. The molecule has 0 saturated carbocycles. The van der Waals surface area contributed by atoms with Crippen molar-refractivity contribution in [1.82, 2.24) is 15.1 Å². The highest BCUT2D eigenvalue weighted by molar-refractivity contribution is 5.77. The predicted molar refractivity (Wildman–Crippen MR) is 100 cm³/mol. The van der Waals surface area contributed by atoms with E-state index in [1.165, 1.54) is 11.1 Å². The lowest BCUT2D eigenvalue weighted by molar-refractivity contribution is -0.137. The first-order valence-corrected chi connectivity index (χ1v) is 8.86. The summed E-state index contributed by atoms with van der Waals surface area (Å²) in [4.78, 5) is 22.7. The van der Waals surface area contributed by atoms with E-state index in [2.05, 4.69) is 41.6 Å². The number of nitrogens with one attached hydrogen (secondary N) is 1. The lowest BCUT2D eigenvalue weighted by atomic mass is 10.1. The Bertz CT molecular complexity index is 778. The quantitative estimate of drug-likeness (QED) is 0.761. The zero-order valence-corrected chi connectivity index (χ0v) is 15.9. The van der Waals surface area contributed by atoms with E-state index in [9.17, 15) is 9.59 Å². The molecule has 6 nitrogen and oxygen atoms in total. The number of hydrogen-bond acceptors (Lipinski definition) is 3. The molecular weight excluding hydrogens is 330 g/mol. The van der Waals surface area contributed by atoms with Gasteiger partial charge in [-0.2, -0.15) is 5.10 Å². The van der Waals surface area contributed by atoms with Crippen LogP contribution in [0.1, 0.15) is 47.8 Å². The van der Waals surface area contributed by atoms with Gasteiger partial charge < -0.3 is 10.4 Å². The minimum Gasteiger partial charge on any atom is -0.481 e. The standard InChI is InChI=1S/C20H27N3O3/c1-13-5-7-17(8-6-13)12-23-16(4)18(15(3)22-23)9-10-19(24)21-14(2)11-20(25)26/h5-8,14H,9-12H2,1-4H3,(H,21,24)(H,25,26). The second kappa shape index (κ2) is 8.65.